The quantitative estimate of drug-likeness (QED) is 0.706. The van der Waals surface area contributed by atoms with E-state index in [9.17, 15) is 4.79 Å². The third-order valence-corrected chi connectivity index (χ3v) is 4.70. The maximum atomic E-state index is 11.7. The summed E-state index contributed by atoms with van der Waals surface area (Å²) in [6.07, 6.45) is 6.74. The van der Waals surface area contributed by atoms with Crippen LogP contribution in [0.4, 0.5) is 0 Å². The van der Waals surface area contributed by atoms with E-state index in [4.69, 9.17) is 0 Å². The van der Waals surface area contributed by atoms with Crippen molar-refractivity contribution in [2.24, 2.45) is 0 Å². The monoisotopic (exact) mass is 251 g/mol. The average Bonchev–Trinajstić information content (AvgIpc) is 2.43. The number of hydrogen-bond donors (Lipinski definition) is 0. The minimum atomic E-state index is 0.235. The largest absolute Gasteiger partial charge is 0.299 e. The summed E-state index contributed by atoms with van der Waals surface area (Å²) in [5, 5.41) is 0. The Hall–Kier alpha value is -1.67. The second-order valence-electron chi connectivity index (χ2n) is 5.79. The molecule has 2 aliphatic carbocycles. The van der Waals surface area contributed by atoms with Crippen LogP contribution in [0.1, 0.15) is 35.6 Å². The Balaban J connectivity index is 1.98. The molecule has 19 heavy (non-hydrogen) atoms. The molecule has 0 saturated carbocycles. The fraction of sp³-hybridized carbons (Fsp3) is 0.353. The van der Waals surface area contributed by atoms with Crippen LogP contribution in [0.5, 0.6) is 0 Å². The van der Waals surface area contributed by atoms with E-state index in [-0.39, 0.29) is 5.78 Å². The summed E-state index contributed by atoms with van der Waals surface area (Å²) in [5.41, 5.74) is 6.77. The van der Waals surface area contributed by atoms with E-state index in [1.807, 2.05) is 6.08 Å². The SMILES string of the molecule is CN1CCc2cccc3c2C1CC1=CCC(=O)C=C13. The van der Waals surface area contributed by atoms with Crippen molar-refractivity contribution in [1.29, 1.82) is 0 Å². The molecule has 0 fully saturated rings. The third-order valence-electron chi connectivity index (χ3n) is 4.70. The van der Waals surface area contributed by atoms with E-state index in [0.717, 1.165) is 19.4 Å². The Morgan fingerprint density at radius 1 is 1.32 bits per heavy atom. The van der Waals surface area contributed by atoms with E-state index in [1.54, 1.807) is 0 Å². The molecule has 0 bridgehead atoms. The number of carbonyl (C=O) groups excluding carboxylic acids is 1. The molecule has 0 aromatic heterocycles. The molecule has 1 heterocycles. The summed E-state index contributed by atoms with van der Waals surface area (Å²) in [7, 11) is 2.22. The molecule has 1 atom stereocenters. The van der Waals surface area contributed by atoms with Crippen molar-refractivity contribution in [2.75, 3.05) is 13.6 Å². The van der Waals surface area contributed by atoms with Gasteiger partial charge in [0.1, 0.15) is 0 Å². The minimum absolute atomic E-state index is 0.235. The van der Waals surface area contributed by atoms with Crippen LogP contribution < -0.4 is 0 Å². The number of nitrogens with zero attached hydrogens (tertiary/aromatic N) is 1. The van der Waals surface area contributed by atoms with E-state index in [0.29, 0.717) is 12.5 Å². The first-order valence-corrected chi connectivity index (χ1v) is 7.00. The van der Waals surface area contributed by atoms with Crippen molar-refractivity contribution in [3.05, 3.63) is 52.6 Å². The molecule has 2 heteroatoms. The van der Waals surface area contributed by atoms with E-state index >= 15 is 0 Å². The molecule has 2 nitrogen and oxygen atoms in total. The summed E-state index contributed by atoms with van der Waals surface area (Å²) in [5.74, 6) is 0.235. The van der Waals surface area contributed by atoms with Gasteiger partial charge in [0.2, 0.25) is 0 Å². The first-order valence-electron chi connectivity index (χ1n) is 7.00. The highest BCUT2D eigenvalue weighted by molar-refractivity contribution is 6.04. The lowest BCUT2D eigenvalue weighted by Gasteiger charge is -2.41. The highest BCUT2D eigenvalue weighted by Gasteiger charge is 2.34. The highest BCUT2D eigenvalue weighted by Crippen LogP contribution is 2.47. The summed E-state index contributed by atoms with van der Waals surface area (Å²) < 4.78 is 0. The highest BCUT2D eigenvalue weighted by atomic mass is 16.1. The Labute approximate surface area is 113 Å². The van der Waals surface area contributed by atoms with E-state index < -0.39 is 0 Å². The fourth-order valence-corrected chi connectivity index (χ4v) is 3.69. The van der Waals surface area contributed by atoms with Crippen molar-refractivity contribution < 1.29 is 4.79 Å². The second-order valence-corrected chi connectivity index (χ2v) is 5.79. The third kappa shape index (κ3) is 1.56. The molecule has 0 amide bonds. The summed E-state index contributed by atoms with van der Waals surface area (Å²) >= 11 is 0. The topological polar surface area (TPSA) is 20.3 Å². The van der Waals surface area contributed by atoms with Crippen molar-refractivity contribution in [3.63, 3.8) is 0 Å². The van der Waals surface area contributed by atoms with Crippen LogP contribution in [-0.2, 0) is 11.2 Å². The molecule has 0 radical (unpaired) electrons. The zero-order chi connectivity index (χ0) is 13.0. The van der Waals surface area contributed by atoms with Crippen molar-refractivity contribution in [1.82, 2.24) is 4.90 Å². The van der Waals surface area contributed by atoms with Gasteiger partial charge in [-0.25, -0.2) is 0 Å². The number of fused-ring (bicyclic) bond motifs is 2. The number of rotatable bonds is 0. The van der Waals surface area contributed by atoms with Gasteiger partial charge in [0.05, 0.1) is 0 Å². The lowest BCUT2D eigenvalue weighted by Crippen LogP contribution is -2.35. The fourth-order valence-electron chi connectivity index (χ4n) is 3.69. The number of carbonyl (C=O) groups is 1. The summed E-state index contributed by atoms with van der Waals surface area (Å²) in [6.45, 7) is 1.13. The number of ketones is 1. The molecule has 0 saturated heterocycles. The van der Waals surface area contributed by atoms with Gasteiger partial charge in [0.15, 0.2) is 5.78 Å². The zero-order valence-corrected chi connectivity index (χ0v) is 11.1. The molecular weight excluding hydrogens is 234 g/mol. The van der Waals surface area contributed by atoms with Gasteiger partial charge in [0.25, 0.3) is 0 Å². The number of benzene rings is 1. The van der Waals surface area contributed by atoms with Crippen molar-refractivity contribution in [2.45, 2.75) is 25.3 Å². The van der Waals surface area contributed by atoms with E-state index in [2.05, 4.69) is 36.2 Å². The number of likely N-dealkylation sites (N-methyl/N-ethyl adjacent to an activating group) is 1. The van der Waals surface area contributed by atoms with Crippen LogP contribution in [0.3, 0.4) is 0 Å². The van der Waals surface area contributed by atoms with Gasteiger partial charge in [-0.2, -0.15) is 0 Å². The zero-order valence-electron chi connectivity index (χ0n) is 11.1. The Bertz CT molecular complexity index is 639. The van der Waals surface area contributed by atoms with Crippen LogP contribution in [-0.4, -0.2) is 24.3 Å². The maximum Gasteiger partial charge on any atom is 0.160 e. The van der Waals surface area contributed by atoms with Crippen molar-refractivity contribution >= 4 is 11.4 Å². The Morgan fingerprint density at radius 2 is 2.21 bits per heavy atom. The van der Waals surface area contributed by atoms with Gasteiger partial charge < -0.3 is 0 Å². The normalized spacial score (nSPS) is 25.3. The maximum absolute atomic E-state index is 11.7. The molecule has 1 aromatic rings. The lowest BCUT2D eigenvalue weighted by atomic mass is 9.74. The molecule has 96 valence electrons. The number of hydrogen-bond acceptors (Lipinski definition) is 2. The van der Waals surface area contributed by atoms with Gasteiger partial charge >= 0.3 is 0 Å². The molecule has 0 N–H and O–H groups in total. The van der Waals surface area contributed by atoms with Gasteiger partial charge in [-0.15, -0.1) is 0 Å². The van der Waals surface area contributed by atoms with Crippen LogP contribution in [0.2, 0.25) is 0 Å². The molecular formula is C17H17NO. The van der Waals surface area contributed by atoms with Crippen LogP contribution in [0, 0.1) is 0 Å². The standard InChI is InChI=1S/C17H17NO/c1-18-8-7-11-3-2-4-14-15-10-13(19)6-5-12(15)9-16(18)17(11)14/h2-5,10,16H,6-9H2,1H3. The van der Waals surface area contributed by atoms with Crippen LogP contribution in [0.15, 0.2) is 35.9 Å². The molecule has 1 aliphatic heterocycles. The van der Waals surface area contributed by atoms with Gasteiger partial charge in [-0.3, -0.25) is 9.69 Å². The van der Waals surface area contributed by atoms with Crippen LogP contribution in [0.25, 0.3) is 5.57 Å². The van der Waals surface area contributed by atoms with Gasteiger partial charge in [-0.1, -0.05) is 24.3 Å². The van der Waals surface area contributed by atoms with Gasteiger partial charge in [-0.05, 0) is 53.8 Å². The molecule has 1 aromatic carbocycles. The first-order chi connectivity index (χ1) is 9.24. The lowest BCUT2D eigenvalue weighted by molar-refractivity contribution is -0.113. The minimum Gasteiger partial charge on any atom is -0.299 e. The Morgan fingerprint density at radius 3 is 3.11 bits per heavy atom. The predicted molar refractivity (Wildman–Crippen MR) is 75.8 cm³/mol. The average molecular weight is 251 g/mol. The van der Waals surface area contributed by atoms with Crippen molar-refractivity contribution in [3.8, 4) is 0 Å². The molecule has 0 spiro atoms. The molecule has 4 rings (SSSR count). The van der Waals surface area contributed by atoms with Gasteiger partial charge in [0, 0.05) is 19.0 Å². The predicted octanol–water partition coefficient (Wildman–Crippen LogP) is 2.90. The summed E-state index contributed by atoms with van der Waals surface area (Å²) in [6, 6.07) is 7.07. The smallest absolute Gasteiger partial charge is 0.160 e. The summed E-state index contributed by atoms with van der Waals surface area (Å²) in [4.78, 5) is 14.2. The first kappa shape index (κ1) is 11.2. The molecule has 1 unspecified atom stereocenters. The molecule has 3 aliphatic rings. The number of allylic oxidation sites excluding steroid dienone is 3. The Kier molecular flexibility index (Phi) is 2.30. The van der Waals surface area contributed by atoms with Crippen LogP contribution >= 0.6 is 0 Å². The van der Waals surface area contributed by atoms with E-state index in [1.165, 1.54) is 27.8 Å². The second kappa shape index (κ2) is 3.91.